The first-order chi connectivity index (χ1) is 7.50. The number of rotatable bonds is 5. The number of hydrogen-bond acceptors (Lipinski definition) is 3. The molecule has 0 aliphatic carbocycles. The van der Waals surface area contributed by atoms with E-state index >= 15 is 0 Å². The summed E-state index contributed by atoms with van der Waals surface area (Å²) >= 11 is 3.26. The SMILES string of the molecule is CC(CNCc1ccc(O)c(Br)c1)S(C)=O. The Morgan fingerprint density at radius 3 is 2.81 bits per heavy atom. The van der Waals surface area contributed by atoms with Crippen molar-refractivity contribution in [1.82, 2.24) is 5.32 Å². The molecule has 90 valence electrons. The van der Waals surface area contributed by atoms with Gasteiger partial charge in [0, 0.05) is 35.4 Å². The highest BCUT2D eigenvalue weighted by Crippen LogP contribution is 2.24. The highest BCUT2D eigenvalue weighted by molar-refractivity contribution is 9.10. The van der Waals surface area contributed by atoms with Crippen LogP contribution in [0.15, 0.2) is 22.7 Å². The van der Waals surface area contributed by atoms with Gasteiger partial charge in [-0.3, -0.25) is 4.21 Å². The average Bonchev–Trinajstić information content (AvgIpc) is 2.23. The van der Waals surface area contributed by atoms with Crippen LogP contribution in [0.2, 0.25) is 0 Å². The maximum atomic E-state index is 11.1. The van der Waals surface area contributed by atoms with Gasteiger partial charge in [0.25, 0.3) is 0 Å². The Morgan fingerprint density at radius 1 is 1.56 bits per heavy atom. The largest absolute Gasteiger partial charge is 0.507 e. The lowest BCUT2D eigenvalue weighted by Crippen LogP contribution is -2.27. The van der Waals surface area contributed by atoms with E-state index in [2.05, 4.69) is 21.2 Å². The summed E-state index contributed by atoms with van der Waals surface area (Å²) in [6.45, 7) is 3.39. The van der Waals surface area contributed by atoms with Crippen LogP contribution in [0.25, 0.3) is 0 Å². The number of phenols is 1. The third kappa shape index (κ3) is 4.23. The van der Waals surface area contributed by atoms with Crippen LogP contribution in [-0.2, 0) is 17.3 Å². The number of aromatic hydroxyl groups is 1. The Balaban J connectivity index is 2.43. The van der Waals surface area contributed by atoms with E-state index in [9.17, 15) is 9.32 Å². The Kier molecular flexibility index (Phi) is 5.44. The molecule has 0 amide bonds. The zero-order valence-electron chi connectivity index (χ0n) is 9.37. The molecule has 0 heterocycles. The predicted octanol–water partition coefficient (Wildman–Crippen LogP) is 2.01. The summed E-state index contributed by atoms with van der Waals surface area (Å²) in [5, 5.41) is 12.7. The first-order valence-corrected chi connectivity index (χ1v) is 7.42. The predicted molar refractivity (Wildman–Crippen MR) is 71.0 cm³/mol. The Hall–Kier alpha value is -0.390. The highest BCUT2D eigenvalue weighted by atomic mass is 79.9. The molecule has 0 fully saturated rings. The zero-order chi connectivity index (χ0) is 12.1. The lowest BCUT2D eigenvalue weighted by Gasteiger charge is -2.10. The molecule has 0 spiro atoms. The van der Waals surface area contributed by atoms with Gasteiger partial charge in [0.2, 0.25) is 0 Å². The topological polar surface area (TPSA) is 49.3 Å². The molecular weight excluding hydrogens is 290 g/mol. The first-order valence-electron chi connectivity index (χ1n) is 5.01. The standard InChI is InChI=1S/C11H16BrNO2S/c1-8(16(2)15)6-13-7-9-3-4-11(14)10(12)5-9/h3-5,8,13-14H,6-7H2,1-2H3. The molecule has 0 bridgehead atoms. The molecule has 2 atom stereocenters. The van der Waals surface area contributed by atoms with Crippen molar-refractivity contribution in [2.45, 2.75) is 18.7 Å². The van der Waals surface area contributed by atoms with Gasteiger partial charge in [-0.1, -0.05) is 6.07 Å². The molecule has 2 N–H and O–H groups in total. The normalized spacial score (nSPS) is 14.7. The molecule has 16 heavy (non-hydrogen) atoms. The van der Waals surface area contributed by atoms with Gasteiger partial charge in [-0.2, -0.15) is 0 Å². The minimum atomic E-state index is -0.788. The molecular formula is C11H16BrNO2S. The van der Waals surface area contributed by atoms with Crippen LogP contribution >= 0.6 is 15.9 Å². The van der Waals surface area contributed by atoms with Crippen LogP contribution in [0.3, 0.4) is 0 Å². The minimum absolute atomic E-state index is 0.153. The van der Waals surface area contributed by atoms with Crippen LogP contribution < -0.4 is 5.32 Å². The van der Waals surface area contributed by atoms with E-state index in [1.807, 2.05) is 19.1 Å². The van der Waals surface area contributed by atoms with Crippen LogP contribution in [0.1, 0.15) is 12.5 Å². The fraction of sp³-hybridized carbons (Fsp3) is 0.455. The van der Waals surface area contributed by atoms with Gasteiger partial charge < -0.3 is 10.4 Å². The molecule has 1 aromatic carbocycles. The Morgan fingerprint density at radius 2 is 2.25 bits per heavy atom. The molecule has 0 aromatic heterocycles. The number of benzene rings is 1. The number of hydrogen-bond donors (Lipinski definition) is 2. The third-order valence-corrected chi connectivity index (χ3v) is 4.27. The molecule has 5 heteroatoms. The van der Waals surface area contributed by atoms with E-state index < -0.39 is 10.8 Å². The lowest BCUT2D eigenvalue weighted by atomic mass is 10.2. The summed E-state index contributed by atoms with van der Waals surface area (Å²) < 4.78 is 11.8. The van der Waals surface area contributed by atoms with Crippen LogP contribution in [0.4, 0.5) is 0 Å². The monoisotopic (exact) mass is 305 g/mol. The van der Waals surface area contributed by atoms with E-state index in [-0.39, 0.29) is 11.0 Å². The molecule has 0 saturated carbocycles. The lowest BCUT2D eigenvalue weighted by molar-refractivity contribution is 0.471. The summed E-state index contributed by atoms with van der Waals surface area (Å²) in [5.74, 6) is 0.242. The van der Waals surface area contributed by atoms with Gasteiger partial charge in [0.05, 0.1) is 4.47 Å². The van der Waals surface area contributed by atoms with Crippen LogP contribution in [0.5, 0.6) is 5.75 Å². The van der Waals surface area contributed by atoms with Crippen molar-refractivity contribution in [3.05, 3.63) is 28.2 Å². The van der Waals surface area contributed by atoms with E-state index in [4.69, 9.17) is 0 Å². The fourth-order valence-corrected chi connectivity index (χ4v) is 1.98. The summed E-state index contributed by atoms with van der Waals surface area (Å²) in [5.41, 5.74) is 1.08. The third-order valence-electron chi connectivity index (χ3n) is 2.34. The van der Waals surface area contributed by atoms with Crippen molar-refractivity contribution in [2.75, 3.05) is 12.8 Å². The molecule has 1 aromatic rings. The Bertz CT molecular complexity index is 384. The van der Waals surface area contributed by atoms with Crippen molar-refractivity contribution in [1.29, 1.82) is 0 Å². The Labute approximate surface area is 107 Å². The summed E-state index contributed by atoms with van der Waals surface area (Å²) in [6.07, 6.45) is 1.71. The van der Waals surface area contributed by atoms with E-state index in [1.165, 1.54) is 0 Å². The van der Waals surface area contributed by atoms with Crippen molar-refractivity contribution in [2.24, 2.45) is 0 Å². The van der Waals surface area contributed by atoms with E-state index in [0.717, 1.165) is 12.1 Å². The van der Waals surface area contributed by atoms with Gasteiger partial charge in [0.15, 0.2) is 0 Å². The number of phenolic OH excluding ortho intramolecular Hbond substituents is 1. The maximum Gasteiger partial charge on any atom is 0.129 e. The van der Waals surface area contributed by atoms with E-state index in [0.29, 0.717) is 11.0 Å². The summed E-state index contributed by atoms with van der Waals surface area (Å²) in [4.78, 5) is 0. The second kappa shape index (κ2) is 6.37. The smallest absolute Gasteiger partial charge is 0.129 e. The molecule has 0 saturated heterocycles. The number of nitrogens with one attached hydrogen (secondary N) is 1. The first kappa shape index (κ1) is 13.7. The molecule has 3 nitrogen and oxygen atoms in total. The number of halogens is 1. The molecule has 0 radical (unpaired) electrons. The second-order valence-corrected chi connectivity index (χ2v) is 6.38. The molecule has 1 rings (SSSR count). The van der Waals surface area contributed by atoms with Gasteiger partial charge in [0.1, 0.15) is 5.75 Å². The molecule has 0 aliphatic heterocycles. The maximum absolute atomic E-state index is 11.1. The van der Waals surface area contributed by atoms with Gasteiger partial charge in [-0.05, 0) is 40.5 Å². The average molecular weight is 306 g/mol. The van der Waals surface area contributed by atoms with Crippen molar-refractivity contribution >= 4 is 26.7 Å². The van der Waals surface area contributed by atoms with E-state index in [1.54, 1.807) is 12.3 Å². The highest BCUT2D eigenvalue weighted by Gasteiger charge is 2.05. The fourth-order valence-electron chi connectivity index (χ4n) is 1.20. The second-order valence-electron chi connectivity index (χ2n) is 3.73. The van der Waals surface area contributed by atoms with Crippen molar-refractivity contribution in [3.63, 3.8) is 0 Å². The zero-order valence-corrected chi connectivity index (χ0v) is 11.8. The van der Waals surface area contributed by atoms with Crippen LogP contribution in [-0.4, -0.2) is 27.4 Å². The van der Waals surface area contributed by atoms with Gasteiger partial charge in [-0.15, -0.1) is 0 Å². The minimum Gasteiger partial charge on any atom is -0.507 e. The summed E-state index contributed by atoms with van der Waals surface area (Å²) in [6, 6.07) is 5.39. The molecule has 2 unspecified atom stereocenters. The van der Waals surface area contributed by atoms with Crippen LogP contribution in [0, 0.1) is 0 Å². The van der Waals surface area contributed by atoms with Gasteiger partial charge >= 0.3 is 0 Å². The summed E-state index contributed by atoms with van der Waals surface area (Å²) in [7, 11) is -0.788. The quantitative estimate of drug-likeness (QED) is 0.875. The van der Waals surface area contributed by atoms with Crippen molar-refractivity contribution in [3.8, 4) is 5.75 Å². The van der Waals surface area contributed by atoms with Gasteiger partial charge in [-0.25, -0.2) is 0 Å². The van der Waals surface area contributed by atoms with Crippen molar-refractivity contribution < 1.29 is 9.32 Å². The molecule has 0 aliphatic rings.